The Bertz CT molecular complexity index is 763. The van der Waals surface area contributed by atoms with Crippen molar-refractivity contribution >= 4 is 33.4 Å². The Balaban J connectivity index is 1.36. The summed E-state index contributed by atoms with van der Waals surface area (Å²) in [5.41, 5.74) is 0. The first-order chi connectivity index (χ1) is 11.7. The molecule has 2 aliphatic rings. The molecule has 126 valence electrons. The van der Waals surface area contributed by atoms with Crippen molar-refractivity contribution in [2.45, 2.75) is 19.3 Å². The van der Waals surface area contributed by atoms with Gasteiger partial charge in [-0.15, -0.1) is 11.3 Å². The lowest BCUT2D eigenvalue weighted by molar-refractivity contribution is -0.134. The molecular weight excluding hydrogens is 320 g/mol. The maximum atomic E-state index is 12.5. The van der Waals surface area contributed by atoms with Crippen molar-refractivity contribution in [3.8, 4) is 0 Å². The average molecular weight is 342 g/mol. The molecule has 1 unspecified atom stereocenters. The first-order valence-electron chi connectivity index (χ1n) is 8.56. The van der Waals surface area contributed by atoms with Crippen LogP contribution in [0.5, 0.6) is 0 Å². The van der Waals surface area contributed by atoms with Crippen LogP contribution in [-0.4, -0.2) is 47.5 Å². The van der Waals surface area contributed by atoms with Gasteiger partial charge in [-0.1, -0.05) is 12.2 Å². The summed E-state index contributed by atoms with van der Waals surface area (Å²) in [6, 6.07) is 2.04. The minimum absolute atomic E-state index is 0.186. The molecule has 0 saturated carbocycles. The second-order valence-corrected chi connectivity index (χ2v) is 7.70. The SMILES string of the molecule is CN(CC1CCN(C(=O)C2CC=CC2)C1)c1ncc2ccsc2n1. The Morgan fingerprint density at radius 1 is 1.42 bits per heavy atom. The standard InChI is InChI=1S/C18H22N4OS/c1-21(18-19-10-15-7-9-24-16(15)20-18)11-13-6-8-22(12-13)17(23)14-4-2-3-5-14/h2-3,7,9-10,13-14H,4-6,8,11-12H2,1H3. The molecule has 6 heteroatoms. The van der Waals surface area contributed by atoms with Crippen LogP contribution in [0.1, 0.15) is 19.3 Å². The monoisotopic (exact) mass is 342 g/mol. The number of aromatic nitrogens is 2. The molecule has 3 heterocycles. The zero-order valence-electron chi connectivity index (χ0n) is 13.9. The van der Waals surface area contributed by atoms with E-state index >= 15 is 0 Å². The minimum Gasteiger partial charge on any atom is -0.343 e. The van der Waals surface area contributed by atoms with Crippen molar-refractivity contribution < 1.29 is 4.79 Å². The van der Waals surface area contributed by atoms with Crippen LogP contribution >= 0.6 is 11.3 Å². The van der Waals surface area contributed by atoms with Gasteiger partial charge in [0.1, 0.15) is 4.83 Å². The van der Waals surface area contributed by atoms with Crippen LogP contribution in [0, 0.1) is 11.8 Å². The van der Waals surface area contributed by atoms with Gasteiger partial charge < -0.3 is 9.80 Å². The number of allylic oxidation sites excluding steroid dienone is 2. The van der Waals surface area contributed by atoms with E-state index in [0.29, 0.717) is 11.8 Å². The maximum Gasteiger partial charge on any atom is 0.226 e. The summed E-state index contributed by atoms with van der Waals surface area (Å²) in [5, 5.41) is 3.14. The van der Waals surface area contributed by atoms with Crippen LogP contribution in [-0.2, 0) is 4.79 Å². The van der Waals surface area contributed by atoms with Gasteiger partial charge in [-0.25, -0.2) is 9.97 Å². The van der Waals surface area contributed by atoms with Gasteiger partial charge in [0.25, 0.3) is 0 Å². The number of hydrogen-bond acceptors (Lipinski definition) is 5. The van der Waals surface area contributed by atoms with Crippen molar-refractivity contribution in [3.05, 3.63) is 29.8 Å². The molecule has 1 fully saturated rings. The van der Waals surface area contributed by atoms with Crippen LogP contribution < -0.4 is 4.90 Å². The third-order valence-electron chi connectivity index (χ3n) is 5.02. The van der Waals surface area contributed by atoms with Gasteiger partial charge in [-0.05, 0) is 36.6 Å². The third kappa shape index (κ3) is 3.02. The minimum atomic E-state index is 0.186. The molecule has 2 aromatic heterocycles. The molecule has 1 atom stereocenters. The molecule has 2 aromatic rings. The molecule has 1 aliphatic carbocycles. The second kappa shape index (κ2) is 6.51. The van der Waals surface area contributed by atoms with Crippen LogP contribution in [0.15, 0.2) is 29.8 Å². The molecule has 4 rings (SSSR count). The largest absolute Gasteiger partial charge is 0.343 e. The highest BCUT2D eigenvalue weighted by Crippen LogP contribution is 2.26. The Hall–Kier alpha value is -1.95. The molecule has 1 amide bonds. The first-order valence-corrected chi connectivity index (χ1v) is 9.44. The van der Waals surface area contributed by atoms with E-state index in [9.17, 15) is 4.79 Å². The van der Waals surface area contributed by atoms with E-state index in [-0.39, 0.29) is 5.92 Å². The fourth-order valence-corrected chi connectivity index (χ4v) is 4.39. The zero-order valence-corrected chi connectivity index (χ0v) is 14.7. The number of likely N-dealkylation sites (tertiary alicyclic amines) is 1. The zero-order chi connectivity index (χ0) is 16.5. The van der Waals surface area contributed by atoms with Crippen molar-refractivity contribution in [1.82, 2.24) is 14.9 Å². The highest BCUT2D eigenvalue weighted by atomic mass is 32.1. The molecule has 0 bridgehead atoms. The number of nitrogens with zero attached hydrogens (tertiary/aromatic N) is 4. The lowest BCUT2D eigenvalue weighted by Gasteiger charge is -2.23. The van der Waals surface area contributed by atoms with Gasteiger partial charge in [0.2, 0.25) is 11.9 Å². The molecule has 0 N–H and O–H groups in total. The predicted octanol–water partition coefficient (Wildman–Crippen LogP) is 2.94. The molecule has 0 aromatic carbocycles. The quantitative estimate of drug-likeness (QED) is 0.802. The number of amides is 1. The molecule has 24 heavy (non-hydrogen) atoms. The number of fused-ring (bicyclic) bond motifs is 1. The number of anilines is 1. The Morgan fingerprint density at radius 3 is 3.08 bits per heavy atom. The summed E-state index contributed by atoms with van der Waals surface area (Å²) < 4.78 is 0. The summed E-state index contributed by atoms with van der Waals surface area (Å²) in [6.45, 7) is 2.64. The van der Waals surface area contributed by atoms with Gasteiger partial charge in [0, 0.05) is 44.2 Å². The highest BCUT2D eigenvalue weighted by Gasteiger charge is 2.31. The molecule has 0 spiro atoms. The predicted molar refractivity (Wildman–Crippen MR) is 97.2 cm³/mol. The summed E-state index contributed by atoms with van der Waals surface area (Å²) in [7, 11) is 2.04. The number of rotatable bonds is 4. The summed E-state index contributed by atoms with van der Waals surface area (Å²) in [6.07, 6.45) is 9.03. The van der Waals surface area contributed by atoms with E-state index in [1.807, 2.05) is 24.7 Å². The molecular formula is C18H22N4OS. The first kappa shape index (κ1) is 15.6. The van der Waals surface area contributed by atoms with Gasteiger partial charge in [0.05, 0.1) is 0 Å². The number of carbonyl (C=O) groups is 1. The maximum absolute atomic E-state index is 12.5. The second-order valence-electron chi connectivity index (χ2n) is 6.81. The number of carbonyl (C=O) groups excluding carboxylic acids is 1. The Kier molecular flexibility index (Phi) is 4.22. The van der Waals surface area contributed by atoms with Crippen LogP contribution in [0.25, 0.3) is 10.2 Å². The van der Waals surface area contributed by atoms with Gasteiger partial charge in [-0.2, -0.15) is 0 Å². The number of hydrogen-bond donors (Lipinski definition) is 0. The van der Waals surface area contributed by atoms with E-state index in [4.69, 9.17) is 0 Å². The smallest absolute Gasteiger partial charge is 0.226 e. The molecule has 1 aliphatic heterocycles. The summed E-state index contributed by atoms with van der Waals surface area (Å²) >= 11 is 1.64. The van der Waals surface area contributed by atoms with Crippen LogP contribution in [0.3, 0.4) is 0 Å². The van der Waals surface area contributed by atoms with Gasteiger partial charge >= 0.3 is 0 Å². The molecule has 5 nitrogen and oxygen atoms in total. The van der Waals surface area contributed by atoms with Crippen LogP contribution in [0.4, 0.5) is 5.95 Å². The summed E-state index contributed by atoms with van der Waals surface area (Å²) in [4.78, 5) is 26.8. The van der Waals surface area contributed by atoms with E-state index in [2.05, 4.69) is 31.9 Å². The van der Waals surface area contributed by atoms with Crippen molar-refractivity contribution in [2.75, 3.05) is 31.6 Å². The fourth-order valence-electron chi connectivity index (χ4n) is 3.66. The van der Waals surface area contributed by atoms with E-state index in [1.165, 1.54) is 0 Å². The Labute approximate surface area is 146 Å². The van der Waals surface area contributed by atoms with E-state index < -0.39 is 0 Å². The normalized spacial score (nSPS) is 21.0. The van der Waals surface area contributed by atoms with Crippen molar-refractivity contribution in [1.29, 1.82) is 0 Å². The van der Waals surface area contributed by atoms with Gasteiger partial charge in [0.15, 0.2) is 0 Å². The molecule has 1 saturated heterocycles. The Morgan fingerprint density at radius 2 is 2.25 bits per heavy atom. The fraction of sp³-hybridized carbons (Fsp3) is 0.500. The van der Waals surface area contributed by atoms with Gasteiger partial charge in [-0.3, -0.25) is 4.79 Å². The summed E-state index contributed by atoms with van der Waals surface area (Å²) in [5.74, 6) is 1.79. The highest BCUT2D eigenvalue weighted by molar-refractivity contribution is 7.16. The average Bonchev–Trinajstić information content (AvgIpc) is 3.34. The van der Waals surface area contributed by atoms with E-state index in [0.717, 1.165) is 55.1 Å². The van der Waals surface area contributed by atoms with E-state index in [1.54, 1.807) is 11.3 Å². The van der Waals surface area contributed by atoms with Crippen molar-refractivity contribution in [2.24, 2.45) is 11.8 Å². The van der Waals surface area contributed by atoms with Crippen LogP contribution in [0.2, 0.25) is 0 Å². The molecule has 0 radical (unpaired) electrons. The van der Waals surface area contributed by atoms with Crippen molar-refractivity contribution in [3.63, 3.8) is 0 Å². The third-order valence-corrected chi connectivity index (χ3v) is 5.85. The number of thiophene rings is 1. The lowest BCUT2D eigenvalue weighted by Crippen LogP contribution is -2.35. The lowest BCUT2D eigenvalue weighted by atomic mass is 10.1. The topological polar surface area (TPSA) is 49.3 Å².